The van der Waals surface area contributed by atoms with Gasteiger partial charge in [-0.3, -0.25) is 9.59 Å². The van der Waals surface area contributed by atoms with Crippen molar-refractivity contribution in [3.05, 3.63) is 34.1 Å². The largest absolute Gasteiger partial charge is 0.350 e. The lowest BCUT2D eigenvalue weighted by Crippen LogP contribution is -2.50. The SMILES string of the molecule is CC(NC(=O)c1ccc(F)c(Br)c1)C(=O)NC(C)(C)C. The van der Waals surface area contributed by atoms with Crippen molar-refractivity contribution in [3.8, 4) is 0 Å². The standard InChI is InChI=1S/C14H18BrFN2O2/c1-8(12(19)18-14(2,3)4)17-13(20)9-5-6-11(16)10(15)7-9/h5-8H,1-4H3,(H,17,20)(H,18,19). The van der Waals surface area contributed by atoms with Gasteiger partial charge in [-0.2, -0.15) is 0 Å². The van der Waals surface area contributed by atoms with Gasteiger partial charge in [-0.1, -0.05) is 0 Å². The van der Waals surface area contributed by atoms with Gasteiger partial charge < -0.3 is 10.6 Å². The summed E-state index contributed by atoms with van der Waals surface area (Å²) in [6.07, 6.45) is 0. The minimum absolute atomic E-state index is 0.206. The lowest BCUT2D eigenvalue weighted by Gasteiger charge is -2.23. The minimum atomic E-state index is -0.675. The Bertz CT molecular complexity index is 526. The van der Waals surface area contributed by atoms with Gasteiger partial charge in [-0.25, -0.2) is 4.39 Å². The van der Waals surface area contributed by atoms with E-state index in [4.69, 9.17) is 0 Å². The van der Waals surface area contributed by atoms with E-state index in [1.807, 2.05) is 20.8 Å². The highest BCUT2D eigenvalue weighted by atomic mass is 79.9. The van der Waals surface area contributed by atoms with Crippen molar-refractivity contribution in [2.75, 3.05) is 0 Å². The molecule has 1 unspecified atom stereocenters. The van der Waals surface area contributed by atoms with Gasteiger partial charge in [0.1, 0.15) is 11.9 Å². The third kappa shape index (κ3) is 4.92. The van der Waals surface area contributed by atoms with Gasteiger partial charge in [0.15, 0.2) is 0 Å². The van der Waals surface area contributed by atoms with Crippen LogP contribution in [-0.4, -0.2) is 23.4 Å². The molecular weight excluding hydrogens is 327 g/mol. The highest BCUT2D eigenvalue weighted by molar-refractivity contribution is 9.10. The van der Waals surface area contributed by atoms with E-state index in [-0.39, 0.29) is 21.5 Å². The Hall–Kier alpha value is -1.43. The molecule has 6 heteroatoms. The average molecular weight is 345 g/mol. The predicted octanol–water partition coefficient (Wildman–Crippen LogP) is 2.62. The first-order valence-corrected chi connectivity index (χ1v) is 6.97. The molecule has 0 radical (unpaired) electrons. The molecule has 2 amide bonds. The Morgan fingerprint density at radius 1 is 1.30 bits per heavy atom. The first-order chi connectivity index (χ1) is 9.10. The van der Waals surface area contributed by atoms with Crippen LogP contribution in [0.3, 0.4) is 0 Å². The highest BCUT2D eigenvalue weighted by Gasteiger charge is 2.21. The molecule has 20 heavy (non-hydrogen) atoms. The van der Waals surface area contributed by atoms with Crippen LogP contribution >= 0.6 is 15.9 Å². The molecule has 0 bridgehead atoms. The highest BCUT2D eigenvalue weighted by Crippen LogP contribution is 2.16. The van der Waals surface area contributed by atoms with Crippen molar-refractivity contribution in [3.63, 3.8) is 0 Å². The second-order valence-corrected chi connectivity index (χ2v) is 6.42. The molecule has 1 rings (SSSR count). The fourth-order valence-corrected chi connectivity index (χ4v) is 1.84. The smallest absolute Gasteiger partial charge is 0.251 e. The Kier molecular flexibility index (Phi) is 5.28. The summed E-state index contributed by atoms with van der Waals surface area (Å²) in [7, 11) is 0. The van der Waals surface area contributed by atoms with Crippen molar-refractivity contribution in [2.24, 2.45) is 0 Å². The lowest BCUT2D eigenvalue weighted by atomic mass is 10.1. The van der Waals surface area contributed by atoms with Gasteiger partial charge in [0.2, 0.25) is 5.91 Å². The van der Waals surface area contributed by atoms with E-state index >= 15 is 0 Å². The van der Waals surface area contributed by atoms with Crippen LogP contribution < -0.4 is 10.6 Å². The molecule has 0 heterocycles. The molecule has 0 saturated carbocycles. The minimum Gasteiger partial charge on any atom is -0.350 e. The van der Waals surface area contributed by atoms with Crippen LogP contribution in [0.25, 0.3) is 0 Å². The topological polar surface area (TPSA) is 58.2 Å². The summed E-state index contributed by atoms with van der Waals surface area (Å²) in [5.41, 5.74) is -0.0803. The van der Waals surface area contributed by atoms with Crippen molar-refractivity contribution in [1.82, 2.24) is 10.6 Å². The summed E-state index contributed by atoms with van der Waals surface area (Å²) in [5, 5.41) is 5.34. The number of carbonyl (C=O) groups is 2. The maximum absolute atomic E-state index is 13.1. The van der Waals surface area contributed by atoms with E-state index in [1.54, 1.807) is 6.92 Å². The Morgan fingerprint density at radius 3 is 2.40 bits per heavy atom. The quantitative estimate of drug-likeness (QED) is 0.885. The van der Waals surface area contributed by atoms with Crippen molar-refractivity contribution < 1.29 is 14.0 Å². The predicted molar refractivity (Wildman–Crippen MR) is 78.9 cm³/mol. The zero-order chi connectivity index (χ0) is 15.5. The molecule has 0 aliphatic heterocycles. The van der Waals surface area contributed by atoms with Crippen molar-refractivity contribution >= 4 is 27.7 Å². The third-order valence-electron chi connectivity index (χ3n) is 2.42. The third-order valence-corrected chi connectivity index (χ3v) is 3.03. The maximum Gasteiger partial charge on any atom is 0.251 e. The normalized spacial score (nSPS) is 12.7. The van der Waals surface area contributed by atoms with E-state index in [0.717, 1.165) is 0 Å². The second-order valence-electron chi connectivity index (χ2n) is 5.56. The molecule has 0 fully saturated rings. The monoisotopic (exact) mass is 344 g/mol. The molecule has 0 aromatic heterocycles. The van der Waals surface area contributed by atoms with Gasteiger partial charge in [0.25, 0.3) is 5.91 Å². The lowest BCUT2D eigenvalue weighted by molar-refractivity contribution is -0.124. The van der Waals surface area contributed by atoms with E-state index < -0.39 is 17.8 Å². The van der Waals surface area contributed by atoms with Gasteiger partial charge >= 0.3 is 0 Å². The van der Waals surface area contributed by atoms with Crippen LogP contribution in [0, 0.1) is 5.82 Å². The molecule has 0 spiro atoms. The van der Waals surface area contributed by atoms with Gasteiger partial charge in [-0.15, -0.1) is 0 Å². The summed E-state index contributed by atoms with van der Waals surface area (Å²) in [6, 6.07) is 3.26. The summed E-state index contributed by atoms with van der Waals surface area (Å²) in [5.74, 6) is -1.14. The molecule has 0 saturated heterocycles. The van der Waals surface area contributed by atoms with E-state index in [1.165, 1.54) is 18.2 Å². The molecule has 1 aromatic carbocycles. The molecule has 4 nitrogen and oxygen atoms in total. The number of benzene rings is 1. The van der Waals surface area contributed by atoms with E-state index in [2.05, 4.69) is 26.6 Å². The van der Waals surface area contributed by atoms with Crippen LogP contribution in [-0.2, 0) is 4.79 Å². The van der Waals surface area contributed by atoms with Crippen molar-refractivity contribution in [2.45, 2.75) is 39.3 Å². The van der Waals surface area contributed by atoms with Gasteiger partial charge in [0, 0.05) is 11.1 Å². The fraction of sp³-hybridized carbons (Fsp3) is 0.429. The molecule has 110 valence electrons. The molecule has 0 aliphatic rings. The number of carbonyl (C=O) groups excluding carboxylic acids is 2. The number of hydrogen-bond donors (Lipinski definition) is 2. The Labute approximate surface area is 126 Å². The molecular formula is C14H18BrFN2O2. The van der Waals surface area contributed by atoms with Gasteiger partial charge in [-0.05, 0) is 61.8 Å². The van der Waals surface area contributed by atoms with Gasteiger partial charge in [0.05, 0.1) is 4.47 Å². The van der Waals surface area contributed by atoms with E-state index in [9.17, 15) is 14.0 Å². The number of nitrogens with one attached hydrogen (secondary N) is 2. The fourth-order valence-electron chi connectivity index (χ4n) is 1.46. The molecule has 1 aromatic rings. The number of rotatable bonds is 3. The van der Waals surface area contributed by atoms with Crippen LogP contribution in [0.2, 0.25) is 0 Å². The zero-order valence-corrected chi connectivity index (χ0v) is 13.5. The maximum atomic E-state index is 13.1. The van der Waals surface area contributed by atoms with Crippen molar-refractivity contribution in [1.29, 1.82) is 0 Å². The number of halogens is 2. The molecule has 2 N–H and O–H groups in total. The summed E-state index contributed by atoms with van der Waals surface area (Å²) in [4.78, 5) is 23.8. The summed E-state index contributed by atoms with van der Waals surface area (Å²) < 4.78 is 13.3. The van der Waals surface area contributed by atoms with Crippen LogP contribution in [0.4, 0.5) is 4.39 Å². The molecule has 0 aliphatic carbocycles. The molecule has 1 atom stereocenters. The second kappa shape index (κ2) is 6.35. The first-order valence-electron chi connectivity index (χ1n) is 6.18. The van der Waals surface area contributed by atoms with Crippen LogP contribution in [0.15, 0.2) is 22.7 Å². The Morgan fingerprint density at radius 2 is 1.90 bits per heavy atom. The first kappa shape index (κ1) is 16.6. The van der Waals surface area contributed by atoms with Crippen LogP contribution in [0.1, 0.15) is 38.1 Å². The zero-order valence-electron chi connectivity index (χ0n) is 11.9. The average Bonchev–Trinajstić information content (AvgIpc) is 2.30. The number of amides is 2. The Balaban J connectivity index is 2.70. The van der Waals surface area contributed by atoms with Crippen LogP contribution in [0.5, 0.6) is 0 Å². The number of hydrogen-bond acceptors (Lipinski definition) is 2. The van der Waals surface area contributed by atoms with E-state index in [0.29, 0.717) is 0 Å². The summed E-state index contributed by atoms with van der Waals surface area (Å²) >= 11 is 3.01. The summed E-state index contributed by atoms with van der Waals surface area (Å²) in [6.45, 7) is 7.17.